The monoisotopic (exact) mass is 303 g/mol. The van der Waals surface area contributed by atoms with Gasteiger partial charge in [-0.2, -0.15) is 5.10 Å². The minimum atomic E-state index is -0.193. The lowest BCUT2D eigenvalue weighted by atomic mass is 10.3. The minimum absolute atomic E-state index is 0.160. The molecule has 0 fully saturated rings. The number of anilines is 1. The van der Waals surface area contributed by atoms with E-state index >= 15 is 0 Å². The van der Waals surface area contributed by atoms with E-state index in [1.807, 2.05) is 48.7 Å². The third kappa shape index (κ3) is 4.61. The molecule has 1 aromatic carbocycles. The lowest BCUT2D eigenvalue weighted by Gasteiger charge is -2.06. The van der Waals surface area contributed by atoms with Crippen molar-refractivity contribution >= 4 is 28.6 Å². The number of hydrazone groups is 1. The Hall–Kier alpha value is -2.34. The van der Waals surface area contributed by atoms with Gasteiger partial charge in [0, 0.05) is 10.6 Å². The van der Waals surface area contributed by atoms with Gasteiger partial charge < -0.3 is 10.1 Å². The van der Waals surface area contributed by atoms with Crippen LogP contribution >= 0.6 is 11.3 Å². The third-order valence-electron chi connectivity index (χ3n) is 2.77. The Labute approximate surface area is 127 Å². The highest BCUT2D eigenvalue weighted by molar-refractivity contribution is 7.12. The number of ether oxygens (including phenoxy) is 1. The predicted molar refractivity (Wildman–Crippen MR) is 86.2 cm³/mol. The van der Waals surface area contributed by atoms with Gasteiger partial charge in [0.05, 0.1) is 19.4 Å². The molecule has 0 spiro atoms. The summed E-state index contributed by atoms with van der Waals surface area (Å²) in [5.41, 5.74) is 4.18. The number of carbonyl (C=O) groups excluding carboxylic acids is 1. The maximum Gasteiger partial charge on any atom is 0.259 e. The van der Waals surface area contributed by atoms with Gasteiger partial charge in [0.2, 0.25) is 0 Å². The molecule has 21 heavy (non-hydrogen) atoms. The van der Waals surface area contributed by atoms with Crippen molar-refractivity contribution in [2.75, 3.05) is 19.0 Å². The maximum atomic E-state index is 11.7. The molecule has 2 rings (SSSR count). The van der Waals surface area contributed by atoms with Gasteiger partial charge in [-0.25, -0.2) is 5.43 Å². The van der Waals surface area contributed by atoms with E-state index in [1.165, 1.54) is 0 Å². The second-order valence-corrected chi connectivity index (χ2v) is 5.24. The molecular formula is C15H17N3O2S. The molecule has 110 valence electrons. The molecule has 5 nitrogen and oxygen atoms in total. The molecule has 0 aliphatic rings. The zero-order valence-electron chi connectivity index (χ0n) is 11.9. The summed E-state index contributed by atoms with van der Waals surface area (Å²) in [6.07, 6.45) is 0. The standard InChI is InChI=1S/C15H17N3O2S/c1-11(14-4-3-9-21-14)17-18-15(19)10-16-12-5-7-13(20-2)8-6-12/h3-9,16H,10H2,1-2H3,(H,18,19). The van der Waals surface area contributed by atoms with E-state index < -0.39 is 0 Å². The molecule has 1 heterocycles. The van der Waals surface area contributed by atoms with E-state index in [4.69, 9.17) is 4.74 Å². The van der Waals surface area contributed by atoms with Gasteiger partial charge in [-0.05, 0) is 42.6 Å². The first-order valence-electron chi connectivity index (χ1n) is 6.44. The number of methoxy groups -OCH3 is 1. The fourth-order valence-corrected chi connectivity index (χ4v) is 2.29. The fraction of sp³-hybridized carbons (Fsp3) is 0.200. The molecule has 0 saturated heterocycles. The van der Waals surface area contributed by atoms with Crippen molar-refractivity contribution < 1.29 is 9.53 Å². The van der Waals surface area contributed by atoms with Crippen molar-refractivity contribution in [2.24, 2.45) is 5.10 Å². The van der Waals surface area contributed by atoms with Crippen LogP contribution in [0.3, 0.4) is 0 Å². The smallest absolute Gasteiger partial charge is 0.259 e. The van der Waals surface area contributed by atoms with Gasteiger partial charge in [0.15, 0.2) is 0 Å². The third-order valence-corrected chi connectivity index (χ3v) is 3.75. The highest BCUT2D eigenvalue weighted by Crippen LogP contribution is 2.14. The number of benzene rings is 1. The van der Waals surface area contributed by atoms with Crippen molar-refractivity contribution in [2.45, 2.75) is 6.92 Å². The maximum absolute atomic E-state index is 11.7. The summed E-state index contributed by atoms with van der Waals surface area (Å²) >= 11 is 1.59. The number of rotatable bonds is 6. The Bertz CT molecular complexity index is 606. The first kappa shape index (κ1) is 15.1. The van der Waals surface area contributed by atoms with Gasteiger partial charge in [0.25, 0.3) is 5.91 Å². The molecule has 2 aromatic rings. The molecule has 6 heteroatoms. The Balaban J connectivity index is 1.80. The van der Waals surface area contributed by atoms with E-state index in [2.05, 4.69) is 15.8 Å². The van der Waals surface area contributed by atoms with Crippen LogP contribution in [0.2, 0.25) is 0 Å². The molecule has 0 atom stereocenters. The van der Waals surface area contributed by atoms with Crippen LogP contribution in [0.15, 0.2) is 46.9 Å². The Morgan fingerprint density at radius 3 is 2.67 bits per heavy atom. The van der Waals surface area contributed by atoms with Gasteiger partial charge in [-0.15, -0.1) is 11.3 Å². The molecule has 0 bridgehead atoms. The summed E-state index contributed by atoms with van der Waals surface area (Å²) in [6.45, 7) is 2.02. The summed E-state index contributed by atoms with van der Waals surface area (Å²) in [4.78, 5) is 12.8. The van der Waals surface area contributed by atoms with Crippen LogP contribution in [0.1, 0.15) is 11.8 Å². The Morgan fingerprint density at radius 2 is 2.05 bits per heavy atom. The zero-order chi connectivity index (χ0) is 15.1. The molecule has 0 saturated carbocycles. The number of thiophene rings is 1. The van der Waals surface area contributed by atoms with Crippen LogP contribution in [-0.2, 0) is 4.79 Å². The first-order chi connectivity index (χ1) is 10.2. The first-order valence-corrected chi connectivity index (χ1v) is 7.32. The molecule has 1 amide bonds. The van der Waals surface area contributed by atoms with E-state index in [0.29, 0.717) is 0 Å². The summed E-state index contributed by atoms with van der Waals surface area (Å²) in [7, 11) is 1.61. The van der Waals surface area contributed by atoms with Crippen molar-refractivity contribution in [3.63, 3.8) is 0 Å². The van der Waals surface area contributed by atoms with Crippen molar-refractivity contribution in [3.05, 3.63) is 46.7 Å². The van der Waals surface area contributed by atoms with Crippen molar-refractivity contribution in [1.82, 2.24) is 5.43 Å². The van der Waals surface area contributed by atoms with Crippen LogP contribution in [0.5, 0.6) is 5.75 Å². The van der Waals surface area contributed by atoms with E-state index in [-0.39, 0.29) is 12.5 Å². The lowest BCUT2D eigenvalue weighted by molar-refractivity contribution is -0.119. The van der Waals surface area contributed by atoms with E-state index in [0.717, 1.165) is 22.0 Å². The lowest BCUT2D eigenvalue weighted by Crippen LogP contribution is -2.26. The number of hydrogen-bond donors (Lipinski definition) is 2. The highest BCUT2D eigenvalue weighted by atomic mass is 32.1. The molecular weight excluding hydrogens is 286 g/mol. The van der Waals surface area contributed by atoms with Crippen LogP contribution in [0, 0.1) is 0 Å². The highest BCUT2D eigenvalue weighted by Gasteiger charge is 2.02. The largest absolute Gasteiger partial charge is 0.497 e. The summed E-state index contributed by atoms with van der Waals surface area (Å²) in [6, 6.07) is 11.3. The van der Waals surface area contributed by atoms with Crippen LogP contribution in [0.25, 0.3) is 0 Å². The number of nitrogens with zero attached hydrogens (tertiary/aromatic N) is 1. The Morgan fingerprint density at radius 1 is 1.29 bits per heavy atom. The minimum Gasteiger partial charge on any atom is -0.497 e. The van der Waals surface area contributed by atoms with E-state index in [1.54, 1.807) is 18.4 Å². The molecule has 2 N–H and O–H groups in total. The van der Waals surface area contributed by atoms with Crippen LogP contribution in [-0.4, -0.2) is 25.3 Å². The Kier molecular flexibility index (Phi) is 5.34. The number of hydrogen-bond acceptors (Lipinski definition) is 5. The number of carbonyl (C=O) groups is 1. The second-order valence-electron chi connectivity index (χ2n) is 4.29. The summed E-state index contributed by atoms with van der Waals surface area (Å²) in [5, 5.41) is 9.07. The molecule has 0 unspecified atom stereocenters. The van der Waals surface area contributed by atoms with Gasteiger partial charge >= 0.3 is 0 Å². The average Bonchev–Trinajstić information content (AvgIpc) is 3.05. The predicted octanol–water partition coefficient (Wildman–Crippen LogP) is 2.71. The van der Waals surface area contributed by atoms with Crippen molar-refractivity contribution in [1.29, 1.82) is 0 Å². The summed E-state index contributed by atoms with van der Waals surface area (Å²) < 4.78 is 5.07. The van der Waals surface area contributed by atoms with Gasteiger partial charge in [-0.3, -0.25) is 4.79 Å². The number of amides is 1. The van der Waals surface area contributed by atoms with Crippen LogP contribution in [0.4, 0.5) is 5.69 Å². The van der Waals surface area contributed by atoms with Gasteiger partial charge in [0.1, 0.15) is 5.75 Å². The number of nitrogens with one attached hydrogen (secondary N) is 2. The molecule has 0 aliphatic heterocycles. The zero-order valence-corrected chi connectivity index (χ0v) is 12.7. The topological polar surface area (TPSA) is 62.7 Å². The molecule has 0 aliphatic carbocycles. The average molecular weight is 303 g/mol. The summed E-state index contributed by atoms with van der Waals surface area (Å²) in [5.74, 6) is 0.586. The molecule has 0 radical (unpaired) electrons. The van der Waals surface area contributed by atoms with Gasteiger partial charge in [-0.1, -0.05) is 6.07 Å². The SMILES string of the molecule is COc1ccc(NCC(=O)NN=C(C)c2cccs2)cc1. The van der Waals surface area contributed by atoms with Crippen LogP contribution < -0.4 is 15.5 Å². The van der Waals surface area contributed by atoms with E-state index in [9.17, 15) is 4.79 Å². The van der Waals surface area contributed by atoms with Crippen molar-refractivity contribution in [3.8, 4) is 5.75 Å². The molecule has 1 aromatic heterocycles. The fourth-order valence-electron chi connectivity index (χ4n) is 1.62. The normalized spacial score (nSPS) is 11.0. The quantitative estimate of drug-likeness (QED) is 0.637. The second kappa shape index (κ2) is 7.44.